The van der Waals surface area contributed by atoms with Gasteiger partial charge in [0.05, 0.1) is 3.39 Å². The minimum atomic E-state index is 0.0627. The van der Waals surface area contributed by atoms with Crippen LogP contribution in [0, 0.1) is 11.8 Å². The van der Waals surface area contributed by atoms with Gasteiger partial charge in [-0.1, -0.05) is 99.3 Å². The molecule has 0 aromatic heterocycles. The van der Waals surface area contributed by atoms with E-state index >= 15 is 0 Å². The molecule has 5 rings (SSSR count). The fourth-order valence-corrected chi connectivity index (χ4v) is 4.99. The van der Waals surface area contributed by atoms with Gasteiger partial charge >= 0.3 is 0 Å². The van der Waals surface area contributed by atoms with E-state index in [0.717, 1.165) is 20.1 Å². The van der Waals surface area contributed by atoms with Crippen LogP contribution in [-0.4, -0.2) is 0 Å². The molecule has 0 amide bonds. The fraction of sp³-hybridized carbons (Fsp3) is 0.125. The van der Waals surface area contributed by atoms with Crippen LogP contribution in [0.2, 0.25) is 0 Å². The molecule has 5 aromatic rings. The van der Waals surface area contributed by atoms with Crippen LogP contribution in [0.25, 0.3) is 38.4 Å². The Balaban J connectivity index is 1.70. The Kier molecular flexibility index (Phi) is 6.11. The first-order chi connectivity index (χ1) is 16.3. The Morgan fingerprint density at radius 1 is 0.647 bits per heavy atom. The number of hydrogen-bond acceptors (Lipinski definition) is 0. The molecule has 2 heteroatoms. The van der Waals surface area contributed by atoms with Gasteiger partial charge in [-0.05, 0) is 105 Å². The molecule has 0 saturated heterocycles. The highest BCUT2D eigenvalue weighted by Gasteiger charge is 2.15. The van der Waals surface area contributed by atoms with Crippen LogP contribution >= 0.6 is 31.9 Å². The standard InChI is InChI=1S/C32H24Br2/c1-32(2,3)24-16-15-23(20-31(33)34)22(19-24)14-12-21-13-17-29-27-10-5-4-8-25(27)26-9-6-7-11-28(26)30(29)18-21/h4-11,13,15-20H,1-3H3. The van der Waals surface area contributed by atoms with Crippen molar-refractivity contribution in [1.29, 1.82) is 0 Å². The Hall–Kier alpha value is -2.86. The first-order valence-corrected chi connectivity index (χ1v) is 12.9. The first kappa shape index (κ1) is 22.9. The maximum Gasteiger partial charge on any atom is 0.0610 e. The smallest absolute Gasteiger partial charge is 0.0610 e. The summed E-state index contributed by atoms with van der Waals surface area (Å²) < 4.78 is 0.899. The van der Waals surface area contributed by atoms with Crippen LogP contribution < -0.4 is 0 Å². The number of benzene rings is 5. The average Bonchev–Trinajstić information content (AvgIpc) is 2.82. The molecule has 0 aliphatic heterocycles. The maximum atomic E-state index is 3.50. The second-order valence-electron chi connectivity index (χ2n) is 9.59. The lowest BCUT2D eigenvalue weighted by Gasteiger charge is -2.19. The van der Waals surface area contributed by atoms with Crippen LogP contribution in [0.5, 0.6) is 0 Å². The maximum absolute atomic E-state index is 3.50. The Bertz CT molecular complexity index is 1610. The van der Waals surface area contributed by atoms with Crippen molar-refractivity contribution in [1.82, 2.24) is 0 Å². The third-order valence-electron chi connectivity index (χ3n) is 6.27. The molecule has 0 saturated carbocycles. The summed E-state index contributed by atoms with van der Waals surface area (Å²) in [6.45, 7) is 6.69. The van der Waals surface area contributed by atoms with Crippen molar-refractivity contribution in [2.45, 2.75) is 26.2 Å². The average molecular weight is 568 g/mol. The van der Waals surface area contributed by atoms with Crippen molar-refractivity contribution < 1.29 is 0 Å². The molecule has 0 heterocycles. The van der Waals surface area contributed by atoms with Gasteiger partial charge in [0, 0.05) is 11.1 Å². The number of fused-ring (bicyclic) bond motifs is 6. The van der Waals surface area contributed by atoms with E-state index in [-0.39, 0.29) is 5.41 Å². The number of halogens is 2. The lowest BCUT2D eigenvalue weighted by atomic mass is 9.85. The van der Waals surface area contributed by atoms with Crippen LogP contribution in [0.15, 0.2) is 88.3 Å². The highest BCUT2D eigenvalue weighted by atomic mass is 79.9. The fourth-order valence-electron chi connectivity index (χ4n) is 4.50. The largest absolute Gasteiger partial charge is 0.0616 e. The molecule has 0 nitrogen and oxygen atoms in total. The molecule has 0 aliphatic rings. The molecule has 0 spiro atoms. The first-order valence-electron chi connectivity index (χ1n) is 11.3. The SMILES string of the molecule is CC(C)(C)c1ccc(C=C(Br)Br)c(C#Cc2ccc3c4ccccc4c4ccccc4c3c2)c1. The summed E-state index contributed by atoms with van der Waals surface area (Å²) >= 11 is 7.00. The lowest BCUT2D eigenvalue weighted by molar-refractivity contribution is 0.590. The predicted molar refractivity (Wildman–Crippen MR) is 156 cm³/mol. The minimum Gasteiger partial charge on any atom is -0.0616 e. The summed E-state index contributed by atoms with van der Waals surface area (Å²) in [6.07, 6.45) is 2.05. The van der Waals surface area contributed by atoms with Crippen molar-refractivity contribution in [2.24, 2.45) is 0 Å². The van der Waals surface area contributed by atoms with Crippen molar-refractivity contribution >= 4 is 70.3 Å². The van der Waals surface area contributed by atoms with Gasteiger partial charge in [-0.25, -0.2) is 0 Å². The van der Waals surface area contributed by atoms with Crippen LogP contribution in [0.4, 0.5) is 0 Å². The Morgan fingerprint density at radius 3 is 1.76 bits per heavy atom. The van der Waals surface area contributed by atoms with Crippen molar-refractivity contribution in [2.75, 3.05) is 0 Å². The van der Waals surface area contributed by atoms with E-state index in [1.165, 1.54) is 37.9 Å². The normalized spacial score (nSPS) is 11.4. The van der Waals surface area contributed by atoms with E-state index in [0.29, 0.717) is 0 Å². The third kappa shape index (κ3) is 4.43. The molecule has 5 aromatic carbocycles. The van der Waals surface area contributed by atoms with Gasteiger partial charge in [0.1, 0.15) is 0 Å². The summed E-state index contributed by atoms with van der Waals surface area (Å²) in [4.78, 5) is 0. The van der Waals surface area contributed by atoms with E-state index in [1.54, 1.807) is 0 Å². The Morgan fingerprint density at radius 2 is 1.21 bits per heavy atom. The molecule has 0 unspecified atom stereocenters. The van der Waals surface area contributed by atoms with E-state index < -0.39 is 0 Å². The summed E-state index contributed by atoms with van der Waals surface area (Å²) in [5.74, 6) is 6.91. The van der Waals surface area contributed by atoms with Gasteiger partial charge in [-0.3, -0.25) is 0 Å². The molecular weight excluding hydrogens is 544 g/mol. The van der Waals surface area contributed by atoms with Gasteiger partial charge < -0.3 is 0 Å². The van der Waals surface area contributed by atoms with Gasteiger partial charge in [0.25, 0.3) is 0 Å². The molecule has 0 atom stereocenters. The van der Waals surface area contributed by atoms with E-state index in [2.05, 4.69) is 155 Å². The summed E-state index contributed by atoms with van der Waals surface area (Å²) in [5, 5.41) is 7.63. The molecule has 0 fully saturated rings. The van der Waals surface area contributed by atoms with Gasteiger partial charge in [0.2, 0.25) is 0 Å². The monoisotopic (exact) mass is 566 g/mol. The quantitative estimate of drug-likeness (QED) is 0.140. The molecule has 166 valence electrons. The van der Waals surface area contributed by atoms with Crippen molar-refractivity contribution in [3.8, 4) is 11.8 Å². The zero-order valence-electron chi connectivity index (χ0n) is 19.4. The zero-order valence-corrected chi connectivity index (χ0v) is 22.6. The molecule has 0 bridgehead atoms. The Labute approximate surface area is 217 Å². The second kappa shape index (κ2) is 9.06. The highest BCUT2D eigenvalue weighted by molar-refractivity contribution is 9.28. The van der Waals surface area contributed by atoms with Gasteiger partial charge in [-0.15, -0.1) is 0 Å². The van der Waals surface area contributed by atoms with Crippen molar-refractivity contribution in [3.63, 3.8) is 0 Å². The molecule has 34 heavy (non-hydrogen) atoms. The topological polar surface area (TPSA) is 0 Å². The second-order valence-corrected chi connectivity index (χ2v) is 12.4. The van der Waals surface area contributed by atoms with Crippen LogP contribution in [0.3, 0.4) is 0 Å². The third-order valence-corrected chi connectivity index (χ3v) is 6.73. The summed E-state index contributed by atoms with van der Waals surface area (Å²) in [7, 11) is 0. The molecule has 0 radical (unpaired) electrons. The van der Waals surface area contributed by atoms with Crippen LogP contribution in [-0.2, 0) is 5.41 Å². The molecule has 0 N–H and O–H groups in total. The molecular formula is C32H24Br2. The number of rotatable bonds is 1. The highest BCUT2D eigenvalue weighted by Crippen LogP contribution is 2.35. The van der Waals surface area contributed by atoms with E-state index in [9.17, 15) is 0 Å². The zero-order chi connectivity index (χ0) is 23.9. The minimum absolute atomic E-state index is 0.0627. The van der Waals surface area contributed by atoms with Gasteiger partial charge in [0.15, 0.2) is 0 Å². The van der Waals surface area contributed by atoms with E-state index in [1.807, 2.05) is 0 Å². The van der Waals surface area contributed by atoms with Crippen molar-refractivity contribution in [3.05, 3.63) is 111 Å². The molecule has 0 aliphatic carbocycles. The van der Waals surface area contributed by atoms with E-state index in [4.69, 9.17) is 0 Å². The van der Waals surface area contributed by atoms with Crippen LogP contribution in [0.1, 0.15) is 43.0 Å². The van der Waals surface area contributed by atoms with Gasteiger partial charge in [-0.2, -0.15) is 0 Å². The summed E-state index contributed by atoms with van der Waals surface area (Å²) in [6, 6.07) is 30.4. The lowest BCUT2D eigenvalue weighted by Crippen LogP contribution is -2.11. The summed E-state index contributed by atoms with van der Waals surface area (Å²) in [5.41, 5.74) is 4.46. The predicted octanol–water partition coefficient (Wildman–Crippen LogP) is 9.93. The number of hydrogen-bond donors (Lipinski definition) is 0.